The molecule has 0 radical (unpaired) electrons. The summed E-state index contributed by atoms with van der Waals surface area (Å²) < 4.78 is 12.9. The first-order valence-corrected chi connectivity index (χ1v) is 7.00. The van der Waals surface area contributed by atoms with E-state index in [9.17, 15) is 9.18 Å². The van der Waals surface area contributed by atoms with E-state index >= 15 is 0 Å². The number of benzene rings is 1. The van der Waals surface area contributed by atoms with Crippen LogP contribution in [0.2, 0.25) is 5.02 Å². The van der Waals surface area contributed by atoms with Crippen molar-refractivity contribution in [3.8, 4) is 0 Å². The Bertz CT molecular complexity index is 443. The number of aliphatic hydroxyl groups is 1. The summed E-state index contributed by atoms with van der Waals surface area (Å²) >= 11 is 5.89. The van der Waals surface area contributed by atoms with Crippen LogP contribution in [0.4, 0.5) is 9.18 Å². The van der Waals surface area contributed by atoms with Crippen LogP contribution in [0.25, 0.3) is 0 Å². The van der Waals surface area contributed by atoms with Crippen molar-refractivity contribution in [2.75, 3.05) is 13.2 Å². The predicted octanol–water partition coefficient (Wildman–Crippen LogP) is 2.48. The molecule has 0 aliphatic carbocycles. The normalized spacial score (nSPS) is 12.0. The van der Waals surface area contributed by atoms with Gasteiger partial charge in [0.15, 0.2) is 0 Å². The third kappa shape index (κ3) is 6.21. The summed E-state index contributed by atoms with van der Waals surface area (Å²) in [6.45, 7) is 2.42. The van der Waals surface area contributed by atoms with Crippen molar-refractivity contribution in [3.05, 3.63) is 34.6 Å². The average molecular weight is 303 g/mol. The Morgan fingerprint density at radius 1 is 1.50 bits per heavy atom. The summed E-state index contributed by atoms with van der Waals surface area (Å²) in [4.78, 5) is 11.6. The lowest BCUT2D eigenvalue weighted by molar-refractivity contribution is 0.234. The van der Waals surface area contributed by atoms with Crippen LogP contribution < -0.4 is 10.6 Å². The van der Waals surface area contributed by atoms with Gasteiger partial charge in [-0.1, -0.05) is 17.7 Å². The van der Waals surface area contributed by atoms with Crippen molar-refractivity contribution >= 4 is 17.6 Å². The lowest BCUT2D eigenvalue weighted by Gasteiger charge is -2.14. The quantitative estimate of drug-likeness (QED) is 0.724. The first kappa shape index (κ1) is 16.7. The smallest absolute Gasteiger partial charge is 0.315 e. The van der Waals surface area contributed by atoms with Gasteiger partial charge in [-0.3, -0.25) is 0 Å². The zero-order chi connectivity index (χ0) is 15.0. The van der Waals surface area contributed by atoms with E-state index in [0.717, 1.165) is 12.0 Å². The highest BCUT2D eigenvalue weighted by Crippen LogP contribution is 2.17. The number of nitrogens with one attached hydrogen (secondary N) is 2. The molecule has 0 fully saturated rings. The third-order valence-corrected chi connectivity index (χ3v) is 3.22. The fourth-order valence-corrected chi connectivity index (χ4v) is 2.04. The molecule has 2 amide bonds. The lowest BCUT2D eigenvalue weighted by Crippen LogP contribution is -2.41. The Balaban J connectivity index is 2.28. The van der Waals surface area contributed by atoms with E-state index in [1.165, 1.54) is 12.1 Å². The fourth-order valence-electron chi connectivity index (χ4n) is 1.78. The van der Waals surface area contributed by atoms with E-state index < -0.39 is 0 Å². The summed E-state index contributed by atoms with van der Waals surface area (Å²) in [5, 5.41) is 14.5. The first-order valence-electron chi connectivity index (χ1n) is 6.62. The number of hydrogen-bond acceptors (Lipinski definition) is 2. The highest BCUT2D eigenvalue weighted by atomic mass is 35.5. The Hall–Kier alpha value is -1.33. The minimum absolute atomic E-state index is 0.0107. The second-order valence-electron chi connectivity index (χ2n) is 4.65. The van der Waals surface area contributed by atoms with Crippen molar-refractivity contribution < 1.29 is 14.3 Å². The van der Waals surface area contributed by atoms with Crippen molar-refractivity contribution in [1.82, 2.24) is 10.6 Å². The zero-order valence-corrected chi connectivity index (χ0v) is 12.2. The van der Waals surface area contributed by atoms with Crippen LogP contribution in [0.15, 0.2) is 18.2 Å². The molecule has 1 aromatic rings. The van der Waals surface area contributed by atoms with E-state index in [1.54, 1.807) is 6.07 Å². The van der Waals surface area contributed by atoms with E-state index in [1.807, 2.05) is 6.92 Å². The van der Waals surface area contributed by atoms with Gasteiger partial charge in [0.05, 0.1) is 0 Å². The van der Waals surface area contributed by atoms with Crippen LogP contribution in [0.1, 0.15) is 25.3 Å². The molecule has 1 rings (SSSR count). The Labute approximate surface area is 123 Å². The van der Waals surface area contributed by atoms with E-state index in [-0.39, 0.29) is 24.5 Å². The van der Waals surface area contributed by atoms with Crippen LogP contribution in [-0.2, 0) is 6.42 Å². The molecule has 0 aromatic heterocycles. The summed E-state index contributed by atoms with van der Waals surface area (Å²) in [6, 6.07) is 3.97. The molecule has 0 spiro atoms. The molecule has 6 heteroatoms. The van der Waals surface area contributed by atoms with Gasteiger partial charge in [-0.05, 0) is 43.9 Å². The Morgan fingerprint density at radius 3 is 2.90 bits per heavy atom. The van der Waals surface area contributed by atoms with Gasteiger partial charge in [-0.2, -0.15) is 0 Å². The largest absolute Gasteiger partial charge is 0.396 e. The molecule has 112 valence electrons. The summed E-state index contributed by atoms with van der Waals surface area (Å²) in [5.41, 5.74) is 0.793. The third-order valence-electron chi connectivity index (χ3n) is 2.87. The van der Waals surface area contributed by atoms with Gasteiger partial charge in [0.25, 0.3) is 0 Å². The van der Waals surface area contributed by atoms with E-state index in [2.05, 4.69) is 10.6 Å². The number of halogens is 2. The molecular formula is C14H20ClFN2O2. The standard InChI is InChI=1S/C14H20ClFN2O2/c1-10(3-2-8-19)18-14(20)17-7-6-11-4-5-12(16)9-13(11)15/h4-5,9-10,19H,2-3,6-8H2,1H3,(H2,17,18,20)/t10-/m1/s1. The molecule has 1 atom stereocenters. The zero-order valence-electron chi connectivity index (χ0n) is 11.5. The minimum atomic E-state index is -0.373. The number of carbonyl (C=O) groups excluding carboxylic acids is 1. The monoisotopic (exact) mass is 302 g/mol. The van der Waals surface area contributed by atoms with Gasteiger partial charge in [0.1, 0.15) is 5.82 Å². The maximum absolute atomic E-state index is 12.9. The lowest BCUT2D eigenvalue weighted by atomic mass is 10.1. The van der Waals surface area contributed by atoms with Gasteiger partial charge < -0.3 is 15.7 Å². The van der Waals surface area contributed by atoms with Crippen LogP contribution in [0, 0.1) is 5.82 Å². The maximum Gasteiger partial charge on any atom is 0.315 e. The van der Waals surface area contributed by atoms with Gasteiger partial charge in [-0.25, -0.2) is 9.18 Å². The second-order valence-corrected chi connectivity index (χ2v) is 5.06. The molecule has 0 aliphatic rings. The van der Waals surface area contributed by atoms with E-state index in [4.69, 9.17) is 16.7 Å². The molecular weight excluding hydrogens is 283 g/mol. The second kappa shape index (κ2) is 8.76. The number of amides is 2. The van der Waals surface area contributed by atoms with Gasteiger partial charge in [0, 0.05) is 24.2 Å². The molecule has 20 heavy (non-hydrogen) atoms. The number of hydrogen-bond donors (Lipinski definition) is 3. The average Bonchev–Trinajstić information content (AvgIpc) is 2.39. The molecule has 1 aromatic carbocycles. The Kier molecular flexibility index (Phi) is 7.33. The van der Waals surface area contributed by atoms with Gasteiger partial charge in [-0.15, -0.1) is 0 Å². The Morgan fingerprint density at radius 2 is 2.25 bits per heavy atom. The molecule has 0 aliphatic heterocycles. The molecule has 0 heterocycles. The molecule has 0 saturated heterocycles. The number of urea groups is 1. The minimum Gasteiger partial charge on any atom is -0.396 e. The van der Waals surface area contributed by atoms with E-state index in [0.29, 0.717) is 24.4 Å². The van der Waals surface area contributed by atoms with Gasteiger partial charge in [0.2, 0.25) is 0 Å². The van der Waals surface area contributed by atoms with Crippen molar-refractivity contribution in [1.29, 1.82) is 0 Å². The summed E-state index contributed by atoms with van der Waals surface area (Å²) in [6.07, 6.45) is 1.93. The SMILES string of the molecule is C[C@H](CCCO)NC(=O)NCCc1ccc(F)cc1Cl. The fraction of sp³-hybridized carbons (Fsp3) is 0.500. The van der Waals surface area contributed by atoms with Gasteiger partial charge >= 0.3 is 6.03 Å². The van der Waals surface area contributed by atoms with Crippen LogP contribution >= 0.6 is 11.6 Å². The summed E-state index contributed by atoms with van der Waals surface area (Å²) in [5.74, 6) is -0.373. The molecule has 0 saturated carbocycles. The molecule has 0 unspecified atom stereocenters. The number of carbonyl (C=O) groups is 1. The molecule has 0 bridgehead atoms. The highest BCUT2D eigenvalue weighted by molar-refractivity contribution is 6.31. The van der Waals surface area contributed by atoms with Crippen molar-refractivity contribution in [2.45, 2.75) is 32.2 Å². The van der Waals surface area contributed by atoms with Crippen molar-refractivity contribution in [3.63, 3.8) is 0 Å². The number of aliphatic hydroxyl groups excluding tert-OH is 1. The topological polar surface area (TPSA) is 61.4 Å². The molecule has 4 nitrogen and oxygen atoms in total. The van der Waals surface area contributed by atoms with Crippen LogP contribution in [0.5, 0.6) is 0 Å². The van der Waals surface area contributed by atoms with Crippen LogP contribution in [-0.4, -0.2) is 30.3 Å². The highest BCUT2D eigenvalue weighted by Gasteiger charge is 2.07. The number of rotatable bonds is 7. The first-order chi connectivity index (χ1) is 9.52. The maximum atomic E-state index is 12.9. The molecule has 3 N–H and O–H groups in total. The predicted molar refractivity (Wildman–Crippen MR) is 77.4 cm³/mol. The summed E-state index contributed by atoms with van der Waals surface area (Å²) in [7, 11) is 0. The van der Waals surface area contributed by atoms with Crippen LogP contribution in [0.3, 0.4) is 0 Å². The van der Waals surface area contributed by atoms with Crippen molar-refractivity contribution in [2.24, 2.45) is 0 Å².